The Kier molecular flexibility index (Phi) is 7.79. The first-order chi connectivity index (χ1) is 16.9. The van der Waals surface area contributed by atoms with E-state index in [0.29, 0.717) is 53.6 Å². The Hall–Kier alpha value is -3.69. The summed E-state index contributed by atoms with van der Waals surface area (Å²) in [6.07, 6.45) is 7.14. The van der Waals surface area contributed by atoms with Gasteiger partial charge in [0.1, 0.15) is 30.3 Å². The molecular formula is C25H25ClFN5O3. The fourth-order valence-electron chi connectivity index (χ4n) is 3.36. The lowest BCUT2D eigenvalue weighted by molar-refractivity contribution is -0.111. The van der Waals surface area contributed by atoms with Crippen LogP contribution in [-0.4, -0.2) is 54.6 Å². The Bertz CT molecular complexity index is 1300. The number of carbonyl (C=O) groups excluding carboxylic acids is 1. The molecular weight excluding hydrogens is 473 g/mol. The van der Waals surface area contributed by atoms with Crippen molar-refractivity contribution in [1.82, 2.24) is 14.9 Å². The monoisotopic (exact) mass is 497 g/mol. The van der Waals surface area contributed by atoms with E-state index in [2.05, 4.69) is 20.6 Å². The van der Waals surface area contributed by atoms with Crippen LogP contribution in [0, 0.1) is 5.82 Å². The maximum Gasteiger partial charge on any atom is 0.248 e. The predicted molar refractivity (Wildman–Crippen MR) is 135 cm³/mol. The molecule has 0 atom stereocenters. The van der Waals surface area contributed by atoms with E-state index >= 15 is 0 Å². The number of nitrogens with one attached hydrogen (secondary N) is 2. The number of rotatable bonds is 9. The van der Waals surface area contributed by atoms with Crippen molar-refractivity contribution in [3.8, 4) is 5.75 Å². The fourth-order valence-corrected chi connectivity index (χ4v) is 3.54. The highest BCUT2D eigenvalue weighted by Crippen LogP contribution is 2.34. The van der Waals surface area contributed by atoms with Gasteiger partial charge in [0.15, 0.2) is 0 Å². The number of hydrogen-bond donors (Lipinski definition) is 2. The molecule has 2 heterocycles. The van der Waals surface area contributed by atoms with Crippen molar-refractivity contribution in [1.29, 1.82) is 0 Å². The SMILES string of the molecule is CN(C)CC=CC(=O)Nc1cc2c(Nc3ccc(F)c(Cl)c3)ncnc2cc1OCC1=COCC1. The minimum Gasteiger partial charge on any atom is -0.501 e. The highest BCUT2D eigenvalue weighted by molar-refractivity contribution is 6.31. The van der Waals surface area contributed by atoms with Crippen molar-refractivity contribution < 1.29 is 18.7 Å². The summed E-state index contributed by atoms with van der Waals surface area (Å²) in [7, 11) is 3.84. The maximum atomic E-state index is 13.6. The number of nitrogens with zero attached hydrogens (tertiary/aromatic N) is 3. The zero-order valence-electron chi connectivity index (χ0n) is 19.3. The lowest BCUT2D eigenvalue weighted by Crippen LogP contribution is -2.13. The molecule has 0 radical (unpaired) electrons. The third-order valence-corrected chi connectivity index (χ3v) is 5.41. The van der Waals surface area contributed by atoms with Crippen molar-refractivity contribution in [2.45, 2.75) is 6.42 Å². The fraction of sp³-hybridized carbons (Fsp3) is 0.240. The standard InChI is InChI=1S/C25H25ClFN5O3/c1-32(2)8-3-4-24(33)31-22-11-18-21(12-23(22)35-14-16-7-9-34-13-16)28-15-29-25(18)30-17-5-6-20(27)19(26)10-17/h3-6,10-13,15H,7-9,14H2,1-2H3,(H,31,33)(H,28,29,30). The Morgan fingerprint density at radius 2 is 2.14 bits per heavy atom. The minimum absolute atomic E-state index is 0.00768. The maximum absolute atomic E-state index is 13.6. The third kappa shape index (κ3) is 6.46. The van der Waals surface area contributed by atoms with Crippen LogP contribution in [-0.2, 0) is 9.53 Å². The van der Waals surface area contributed by atoms with Crippen LogP contribution in [0.5, 0.6) is 5.75 Å². The second-order valence-electron chi connectivity index (χ2n) is 8.18. The topological polar surface area (TPSA) is 88.6 Å². The molecule has 0 saturated heterocycles. The second-order valence-corrected chi connectivity index (χ2v) is 8.59. The van der Waals surface area contributed by atoms with Crippen LogP contribution in [0.2, 0.25) is 5.02 Å². The number of ether oxygens (including phenoxy) is 2. The molecule has 8 nitrogen and oxygen atoms in total. The predicted octanol–water partition coefficient (Wildman–Crippen LogP) is 4.91. The highest BCUT2D eigenvalue weighted by atomic mass is 35.5. The third-order valence-electron chi connectivity index (χ3n) is 5.12. The summed E-state index contributed by atoms with van der Waals surface area (Å²) in [5, 5.41) is 6.65. The zero-order chi connectivity index (χ0) is 24.8. The number of benzene rings is 2. The summed E-state index contributed by atoms with van der Waals surface area (Å²) in [6, 6.07) is 7.79. The van der Waals surface area contributed by atoms with Crippen LogP contribution in [0.4, 0.5) is 21.6 Å². The average Bonchev–Trinajstić information content (AvgIpc) is 3.34. The van der Waals surface area contributed by atoms with Gasteiger partial charge in [-0.25, -0.2) is 14.4 Å². The molecule has 0 bridgehead atoms. The van der Waals surface area contributed by atoms with Gasteiger partial charge in [0.25, 0.3) is 0 Å². The number of fused-ring (bicyclic) bond motifs is 1. The molecule has 1 amide bonds. The van der Waals surface area contributed by atoms with Gasteiger partial charge in [-0.3, -0.25) is 4.79 Å². The molecule has 35 heavy (non-hydrogen) atoms. The van der Waals surface area contributed by atoms with Gasteiger partial charge in [-0.05, 0) is 38.4 Å². The van der Waals surface area contributed by atoms with E-state index in [0.717, 1.165) is 12.0 Å². The smallest absolute Gasteiger partial charge is 0.248 e. The van der Waals surface area contributed by atoms with Gasteiger partial charge in [0.05, 0.1) is 29.1 Å². The summed E-state index contributed by atoms with van der Waals surface area (Å²) in [5.41, 5.74) is 2.64. The quantitative estimate of drug-likeness (QED) is 0.406. The van der Waals surface area contributed by atoms with Crippen LogP contribution >= 0.6 is 11.6 Å². The van der Waals surface area contributed by atoms with E-state index in [4.69, 9.17) is 21.1 Å². The summed E-state index contributed by atoms with van der Waals surface area (Å²) < 4.78 is 24.9. The molecule has 0 spiro atoms. The molecule has 1 aliphatic heterocycles. The molecule has 2 aromatic carbocycles. The largest absolute Gasteiger partial charge is 0.501 e. The van der Waals surface area contributed by atoms with Crippen molar-refractivity contribution in [2.75, 3.05) is 44.5 Å². The van der Waals surface area contributed by atoms with E-state index in [-0.39, 0.29) is 10.9 Å². The Balaban J connectivity index is 1.66. The number of likely N-dealkylation sites (N-methyl/N-ethyl adjacent to an activating group) is 1. The first kappa shape index (κ1) is 24.4. The molecule has 182 valence electrons. The van der Waals surface area contributed by atoms with Crippen LogP contribution in [0.25, 0.3) is 10.9 Å². The first-order valence-electron chi connectivity index (χ1n) is 10.9. The van der Waals surface area contributed by atoms with E-state index < -0.39 is 5.82 Å². The van der Waals surface area contributed by atoms with Gasteiger partial charge in [0, 0.05) is 41.8 Å². The van der Waals surface area contributed by atoms with E-state index in [1.54, 1.807) is 30.5 Å². The van der Waals surface area contributed by atoms with Gasteiger partial charge in [-0.2, -0.15) is 0 Å². The summed E-state index contributed by atoms with van der Waals surface area (Å²) in [4.78, 5) is 23.2. The van der Waals surface area contributed by atoms with Crippen molar-refractivity contribution in [2.24, 2.45) is 0 Å². The lowest BCUT2D eigenvalue weighted by atomic mass is 10.1. The zero-order valence-corrected chi connectivity index (χ0v) is 20.1. The van der Waals surface area contributed by atoms with Crippen LogP contribution in [0.1, 0.15) is 6.42 Å². The number of carbonyl (C=O) groups is 1. The Morgan fingerprint density at radius 1 is 1.29 bits per heavy atom. The summed E-state index contributed by atoms with van der Waals surface area (Å²) >= 11 is 5.92. The number of amides is 1. The highest BCUT2D eigenvalue weighted by Gasteiger charge is 2.15. The molecule has 2 N–H and O–H groups in total. The van der Waals surface area contributed by atoms with E-state index in [1.807, 2.05) is 19.0 Å². The Morgan fingerprint density at radius 3 is 2.89 bits per heavy atom. The average molecular weight is 498 g/mol. The van der Waals surface area contributed by atoms with Gasteiger partial charge in [-0.15, -0.1) is 0 Å². The van der Waals surface area contributed by atoms with Crippen LogP contribution in [0.3, 0.4) is 0 Å². The molecule has 0 fully saturated rings. The molecule has 4 rings (SSSR count). The second kappa shape index (κ2) is 11.2. The van der Waals surface area contributed by atoms with Crippen molar-refractivity contribution in [3.05, 3.63) is 71.5 Å². The van der Waals surface area contributed by atoms with Gasteiger partial charge in [0.2, 0.25) is 5.91 Å². The number of hydrogen-bond acceptors (Lipinski definition) is 7. The normalized spacial score (nSPS) is 13.2. The van der Waals surface area contributed by atoms with E-state index in [9.17, 15) is 9.18 Å². The van der Waals surface area contributed by atoms with Gasteiger partial charge in [-0.1, -0.05) is 17.7 Å². The molecule has 1 aromatic heterocycles. The van der Waals surface area contributed by atoms with Gasteiger partial charge >= 0.3 is 0 Å². The molecule has 3 aromatic rings. The first-order valence-corrected chi connectivity index (χ1v) is 11.3. The Labute approximate surface area is 207 Å². The van der Waals surface area contributed by atoms with Crippen LogP contribution in [0.15, 0.2) is 60.6 Å². The molecule has 10 heteroatoms. The summed E-state index contributed by atoms with van der Waals surface area (Å²) in [5.74, 6) is 0.127. The number of halogens is 2. The van der Waals surface area contributed by atoms with Crippen molar-refractivity contribution >= 4 is 45.6 Å². The number of anilines is 3. The molecule has 0 saturated carbocycles. The van der Waals surface area contributed by atoms with Crippen LogP contribution < -0.4 is 15.4 Å². The lowest BCUT2D eigenvalue weighted by Gasteiger charge is -2.15. The van der Waals surface area contributed by atoms with E-state index in [1.165, 1.54) is 24.5 Å². The molecule has 0 aliphatic carbocycles. The van der Waals surface area contributed by atoms with Crippen molar-refractivity contribution in [3.63, 3.8) is 0 Å². The number of aromatic nitrogens is 2. The summed E-state index contributed by atoms with van der Waals surface area (Å²) in [6.45, 7) is 1.59. The minimum atomic E-state index is -0.512. The molecule has 0 unspecified atom stereocenters. The van der Waals surface area contributed by atoms with Gasteiger partial charge < -0.3 is 25.0 Å². The molecule has 1 aliphatic rings.